The Labute approximate surface area is 115 Å². The summed E-state index contributed by atoms with van der Waals surface area (Å²) >= 11 is 0. The summed E-state index contributed by atoms with van der Waals surface area (Å²) in [5, 5.41) is 14.4. The normalized spacial score (nSPS) is 21.5. The third kappa shape index (κ3) is 3.61. The molecule has 5 nitrogen and oxygen atoms in total. The van der Waals surface area contributed by atoms with Crippen LogP contribution < -0.4 is 10.6 Å². The van der Waals surface area contributed by atoms with E-state index in [-0.39, 0.29) is 35.4 Å². The largest absolute Gasteiger partial charge is 0.481 e. The lowest BCUT2D eigenvalue weighted by Crippen LogP contribution is -2.43. The summed E-state index contributed by atoms with van der Waals surface area (Å²) in [6.45, 7) is 10.5. The van der Waals surface area contributed by atoms with E-state index in [0.717, 1.165) is 0 Å². The number of carboxylic acid groups (broad SMARTS) is 1. The minimum atomic E-state index is -0.793. The van der Waals surface area contributed by atoms with Crippen LogP contribution in [0.4, 0.5) is 4.79 Å². The third-order valence-corrected chi connectivity index (χ3v) is 4.70. The standard InChI is InChI=1S/C14H26N2O3/c1-9(7-6-8-10(17)18)15-12(19)16-11-13(2,3)14(11,4)5/h9,11H,6-8H2,1-5H3,(H,17,18)(H2,15,16,19). The molecule has 1 unspecified atom stereocenters. The fourth-order valence-electron chi connectivity index (χ4n) is 2.59. The zero-order valence-electron chi connectivity index (χ0n) is 12.5. The van der Waals surface area contributed by atoms with Gasteiger partial charge < -0.3 is 15.7 Å². The second-order valence-electron chi connectivity index (χ2n) is 6.68. The molecule has 110 valence electrons. The van der Waals surface area contributed by atoms with Crippen molar-refractivity contribution in [2.24, 2.45) is 10.8 Å². The van der Waals surface area contributed by atoms with E-state index < -0.39 is 5.97 Å². The highest BCUT2D eigenvalue weighted by Gasteiger charge is 2.65. The third-order valence-electron chi connectivity index (χ3n) is 4.70. The Hall–Kier alpha value is -1.26. The van der Waals surface area contributed by atoms with Gasteiger partial charge in [-0.2, -0.15) is 0 Å². The SMILES string of the molecule is CC(CCCC(=O)O)NC(=O)NC1C(C)(C)C1(C)C. The molecule has 0 aromatic rings. The maximum Gasteiger partial charge on any atom is 0.315 e. The Morgan fingerprint density at radius 2 is 1.74 bits per heavy atom. The second kappa shape index (κ2) is 5.39. The maximum atomic E-state index is 11.8. The smallest absolute Gasteiger partial charge is 0.315 e. The first-order chi connectivity index (χ1) is 8.59. The fraction of sp³-hybridized carbons (Fsp3) is 0.857. The van der Waals surface area contributed by atoms with E-state index in [1.54, 1.807) is 0 Å². The van der Waals surface area contributed by atoms with Gasteiger partial charge in [-0.25, -0.2) is 4.79 Å². The predicted octanol–water partition coefficient (Wildman–Crippen LogP) is 2.36. The van der Waals surface area contributed by atoms with Crippen LogP contribution in [0.1, 0.15) is 53.9 Å². The van der Waals surface area contributed by atoms with Crippen molar-refractivity contribution in [3.63, 3.8) is 0 Å². The molecule has 1 saturated carbocycles. The number of carboxylic acids is 1. The van der Waals surface area contributed by atoms with Gasteiger partial charge in [0.25, 0.3) is 0 Å². The van der Waals surface area contributed by atoms with Crippen molar-refractivity contribution in [2.75, 3.05) is 0 Å². The molecule has 1 atom stereocenters. The van der Waals surface area contributed by atoms with Crippen molar-refractivity contribution in [2.45, 2.75) is 66.0 Å². The van der Waals surface area contributed by atoms with Crippen LogP contribution in [-0.2, 0) is 4.79 Å². The second-order valence-corrected chi connectivity index (χ2v) is 6.68. The summed E-state index contributed by atoms with van der Waals surface area (Å²) in [5.74, 6) is -0.793. The molecule has 0 aromatic heterocycles. The Bertz CT molecular complexity index is 350. The number of nitrogens with one attached hydrogen (secondary N) is 2. The molecule has 1 rings (SSSR count). The van der Waals surface area contributed by atoms with E-state index in [2.05, 4.69) is 38.3 Å². The molecule has 0 spiro atoms. The first kappa shape index (κ1) is 15.8. The summed E-state index contributed by atoms with van der Waals surface area (Å²) in [6, 6.07) is 0.0158. The fourth-order valence-corrected chi connectivity index (χ4v) is 2.59. The molecule has 1 fully saturated rings. The highest BCUT2D eigenvalue weighted by molar-refractivity contribution is 5.75. The molecule has 3 N–H and O–H groups in total. The number of aliphatic carboxylic acids is 1. The molecule has 1 aliphatic carbocycles. The zero-order valence-corrected chi connectivity index (χ0v) is 12.5. The monoisotopic (exact) mass is 270 g/mol. The van der Waals surface area contributed by atoms with Crippen molar-refractivity contribution in [3.8, 4) is 0 Å². The molecule has 19 heavy (non-hydrogen) atoms. The maximum absolute atomic E-state index is 11.8. The molecule has 1 aliphatic rings. The van der Waals surface area contributed by atoms with Gasteiger partial charge >= 0.3 is 12.0 Å². The van der Waals surface area contributed by atoms with Gasteiger partial charge in [-0.1, -0.05) is 27.7 Å². The lowest BCUT2D eigenvalue weighted by atomic mass is 10.0. The van der Waals surface area contributed by atoms with Crippen LogP contribution in [0.3, 0.4) is 0 Å². The van der Waals surface area contributed by atoms with E-state index in [9.17, 15) is 9.59 Å². The first-order valence-electron chi connectivity index (χ1n) is 6.88. The summed E-state index contributed by atoms with van der Waals surface area (Å²) in [4.78, 5) is 22.2. The Morgan fingerprint density at radius 3 is 2.16 bits per heavy atom. The molecular formula is C14H26N2O3. The van der Waals surface area contributed by atoms with Gasteiger partial charge in [-0.05, 0) is 30.6 Å². The van der Waals surface area contributed by atoms with Crippen molar-refractivity contribution in [1.82, 2.24) is 10.6 Å². The summed E-state index contributed by atoms with van der Waals surface area (Å²) in [6.07, 6.45) is 1.41. The number of hydrogen-bond acceptors (Lipinski definition) is 2. The predicted molar refractivity (Wildman–Crippen MR) is 74.0 cm³/mol. The molecule has 0 aliphatic heterocycles. The highest BCUT2D eigenvalue weighted by atomic mass is 16.4. The van der Waals surface area contributed by atoms with E-state index in [1.807, 2.05) is 6.92 Å². The average Bonchev–Trinajstić information content (AvgIpc) is 2.60. The molecule has 2 amide bonds. The molecule has 5 heteroatoms. The van der Waals surface area contributed by atoms with Gasteiger partial charge in [0.15, 0.2) is 0 Å². The molecular weight excluding hydrogens is 244 g/mol. The Balaban J connectivity index is 2.27. The van der Waals surface area contributed by atoms with Crippen molar-refractivity contribution < 1.29 is 14.7 Å². The van der Waals surface area contributed by atoms with Crippen LogP contribution in [0.15, 0.2) is 0 Å². The van der Waals surface area contributed by atoms with Gasteiger partial charge in [-0.3, -0.25) is 4.79 Å². The van der Waals surface area contributed by atoms with E-state index in [0.29, 0.717) is 12.8 Å². The number of rotatable bonds is 6. The van der Waals surface area contributed by atoms with Gasteiger partial charge in [0.2, 0.25) is 0 Å². The van der Waals surface area contributed by atoms with E-state index >= 15 is 0 Å². The van der Waals surface area contributed by atoms with Crippen molar-refractivity contribution >= 4 is 12.0 Å². The van der Waals surface area contributed by atoms with Gasteiger partial charge in [0, 0.05) is 18.5 Å². The van der Waals surface area contributed by atoms with Crippen molar-refractivity contribution in [1.29, 1.82) is 0 Å². The topological polar surface area (TPSA) is 78.4 Å². The number of hydrogen-bond donors (Lipinski definition) is 3. The summed E-state index contributed by atoms with van der Waals surface area (Å²) in [7, 11) is 0. The first-order valence-corrected chi connectivity index (χ1v) is 6.88. The summed E-state index contributed by atoms with van der Waals surface area (Å²) in [5.41, 5.74) is 0.244. The van der Waals surface area contributed by atoms with Gasteiger partial charge in [0.1, 0.15) is 0 Å². The molecule has 0 bridgehead atoms. The molecule has 0 aromatic carbocycles. The Morgan fingerprint density at radius 1 is 1.21 bits per heavy atom. The Kier molecular flexibility index (Phi) is 4.48. The molecule has 0 heterocycles. The quantitative estimate of drug-likeness (QED) is 0.693. The van der Waals surface area contributed by atoms with Crippen LogP contribution in [0.5, 0.6) is 0 Å². The van der Waals surface area contributed by atoms with Crippen molar-refractivity contribution in [3.05, 3.63) is 0 Å². The number of amides is 2. The minimum absolute atomic E-state index is 0.00988. The number of carbonyl (C=O) groups excluding carboxylic acids is 1. The van der Waals surface area contributed by atoms with Gasteiger partial charge in [0.05, 0.1) is 0 Å². The van der Waals surface area contributed by atoms with Crippen LogP contribution in [0.2, 0.25) is 0 Å². The van der Waals surface area contributed by atoms with Crippen LogP contribution >= 0.6 is 0 Å². The lowest BCUT2D eigenvalue weighted by molar-refractivity contribution is -0.137. The van der Waals surface area contributed by atoms with Gasteiger partial charge in [-0.15, -0.1) is 0 Å². The molecule has 0 radical (unpaired) electrons. The lowest BCUT2D eigenvalue weighted by Gasteiger charge is -2.15. The van der Waals surface area contributed by atoms with E-state index in [4.69, 9.17) is 5.11 Å². The highest BCUT2D eigenvalue weighted by Crippen LogP contribution is 2.62. The van der Waals surface area contributed by atoms with Crippen LogP contribution in [-0.4, -0.2) is 29.2 Å². The van der Waals surface area contributed by atoms with E-state index in [1.165, 1.54) is 0 Å². The molecule has 0 saturated heterocycles. The van der Waals surface area contributed by atoms with Crippen LogP contribution in [0, 0.1) is 10.8 Å². The van der Waals surface area contributed by atoms with Crippen LogP contribution in [0.25, 0.3) is 0 Å². The number of carbonyl (C=O) groups is 2. The zero-order chi connectivity index (χ0) is 14.8. The minimum Gasteiger partial charge on any atom is -0.481 e. The number of urea groups is 1. The summed E-state index contributed by atoms with van der Waals surface area (Å²) < 4.78 is 0. The average molecular weight is 270 g/mol.